The number of nitrogens with zero attached hydrogens (tertiary/aromatic N) is 2. The maximum Gasteiger partial charge on any atom is 0.222 e. The molecule has 4 heteroatoms. The van der Waals surface area contributed by atoms with Gasteiger partial charge in [0.15, 0.2) is 0 Å². The van der Waals surface area contributed by atoms with E-state index in [-0.39, 0.29) is 6.61 Å². The molecule has 78 valence electrons. The molecule has 1 N–H and O–H groups in total. The number of rotatable bonds is 3. The highest BCUT2D eigenvalue weighted by molar-refractivity contribution is 5.83. The molecule has 0 bridgehead atoms. The van der Waals surface area contributed by atoms with Crippen molar-refractivity contribution >= 4 is 10.9 Å². The van der Waals surface area contributed by atoms with Crippen molar-refractivity contribution in [3.05, 3.63) is 30.1 Å². The first-order chi connectivity index (χ1) is 7.35. The Balaban J connectivity index is 2.56. The Bertz CT molecular complexity index is 471. The first-order valence-corrected chi connectivity index (χ1v) is 4.83. The van der Waals surface area contributed by atoms with Gasteiger partial charge in [0.2, 0.25) is 5.88 Å². The Morgan fingerprint density at radius 1 is 1.33 bits per heavy atom. The third kappa shape index (κ3) is 1.89. The monoisotopic (exact) mass is 204 g/mol. The second-order valence-corrected chi connectivity index (χ2v) is 3.08. The minimum atomic E-state index is -0.0533. The Hall–Kier alpha value is -1.68. The van der Waals surface area contributed by atoms with Crippen LogP contribution in [-0.4, -0.2) is 21.7 Å². The predicted molar refractivity (Wildman–Crippen MR) is 56.6 cm³/mol. The minimum absolute atomic E-state index is 0.0533. The lowest BCUT2D eigenvalue weighted by atomic mass is 10.2. The molecule has 2 aromatic rings. The van der Waals surface area contributed by atoms with Crippen LogP contribution in [0.5, 0.6) is 5.88 Å². The van der Waals surface area contributed by atoms with E-state index in [2.05, 4.69) is 9.97 Å². The molecule has 0 radical (unpaired) electrons. The maximum atomic E-state index is 8.96. The molecule has 0 aliphatic rings. The molecule has 0 aliphatic carbocycles. The first kappa shape index (κ1) is 9.86. The van der Waals surface area contributed by atoms with Gasteiger partial charge in [-0.3, -0.25) is 4.98 Å². The zero-order valence-corrected chi connectivity index (χ0v) is 8.47. The van der Waals surface area contributed by atoms with Crippen LogP contribution in [0, 0.1) is 0 Å². The Morgan fingerprint density at radius 3 is 2.93 bits per heavy atom. The van der Waals surface area contributed by atoms with E-state index >= 15 is 0 Å². The largest absolute Gasteiger partial charge is 0.477 e. The lowest BCUT2D eigenvalue weighted by Gasteiger charge is -2.05. The van der Waals surface area contributed by atoms with Gasteiger partial charge in [0, 0.05) is 6.20 Å². The molecular formula is C11H12N2O2. The van der Waals surface area contributed by atoms with Gasteiger partial charge in [-0.2, -0.15) is 0 Å². The van der Waals surface area contributed by atoms with Crippen molar-refractivity contribution in [2.45, 2.75) is 13.5 Å². The maximum absolute atomic E-state index is 8.96. The average molecular weight is 204 g/mol. The third-order valence-corrected chi connectivity index (χ3v) is 2.08. The Morgan fingerprint density at radius 2 is 2.20 bits per heavy atom. The summed E-state index contributed by atoms with van der Waals surface area (Å²) in [7, 11) is 0. The zero-order valence-electron chi connectivity index (χ0n) is 8.47. The molecular weight excluding hydrogens is 192 g/mol. The number of hydrogen-bond donors (Lipinski definition) is 1. The quantitative estimate of drug-likeness (QED) is 0.823. The lowest BCUT2D eigenvalue weighted by molar-refractivity contribution is 0.277. The normalized spacial score (nSPS) is 10.5. The molecule has 0 atom stereocenters. The fourth-order valence-electron chi connectivity index (χ4n) is 1.41. The molecule has 0 aromatic carbocycles. The van der Waals surface area contributed by atoms with Gasteiger partial charge >= 0.3 is 0 Å². The van der Waals surface area contributed by atoms with Gasteiger partial charge in [0.05, 0.1) is 29.8 Å². The van der Waals surface area contributed by atoms with Crippen LogP contribution in [0.1, 0.15) is 12.6 Å². The molecule has 0 aliphatic heterocycles. The summed E-state index contributed by atoms with van der Waals surface area (Å²) >= 11 is 0. The second kappa shape index (κ2) is 4.23. The summed E-state index contributed by atoms with van der Waals surface area (Å²) in [6, 6.07) is 5.44. The van der Waals surface area contributed by atoms with E-state index in [1.807, 2.05) is 13.0 Å². The molecule has 0 amide bonds. The number of aliphatic hydroxyl groups is 1. The van der Waals surface area contributed by atoms with E-state index in [9.17, 15) is 0 Å². The van der Waals surface area contributed by atoms with Crippen molar-refractivity contribution < 1.29 is 9.84 Å². The van der Waals surface area contributed by atoms with Crippen molar-refractivity contribution in [1.29, 1.82) is 0 Å². The second-order valence-electron chi connectivity index (χ2n) is 3.08. The number of ether oxygens (including phenoxy) is 1. The molecule has 2 heterocycles. The smallest absolute Gasteiger partial charge is 0.222 e. The molecule has 0 saturated heterocycles. The van der Waals surface area contributed by atoms with Gasteiger partial charge in [-0.05, 0) is 25.1 Å². The summed E-state index contributed by atoms with van der Waals surface area (Å²) in [6.45, 7) is 2.44. The average Bonchev–Trinajstić information content (AvgIpc) is 2.29. The Labute approximate surface area is 87.6 Å². The summed E-state index contributed by atoms with van der Waals surface area (Å²) in [6.07, 6.45) is 1.65. The SMILES string of the molecule is CCOc1nccc2nc(CO)ccc12. The minimum Gasteiger partial charge on any atom is -0.477 e. The van der Waals surface area contributed by atoms with E-state index in [0.717, 1.165) is 10.9 Å². The van der Waals surface area contributed by atoms with Crippen LogP contribution in [0.15, 0.2) is 24.4 Å². The Kier molecular flexibility index (Phi) is 2.78. The highest BCUT2D eigenvalue weighted by atomic mass is 16.5. The van der Waals surface area contributed by atoms with Gasteiger partial charge in [-0.15, -0.1) is 0 Å². The highest BCUT2D eigenvalue weighted by Gasteiger charge is 2.04. The van der Waals surface area contributed by atoms with Crippen LogP contribution in [0.2, 0.25) is 0 Å². The van der Waals surface area contributed by atoms with Crippen LogP contribution in [0.25, 0.3) is 10.9 Å². The van der Waals surface area contributed by atoms with Crippen molar-refractivity contribution in [1.82, 2.24) is 9.97 Å². The van der Waals surface area contributed by atoms with Crippen molar-refractivity contribution in [2.75, 3.05) is 6.61 Å². The van der Waals surface area contributed by atoms with Crippen LogP contribution in [-0.2, 0) is 6.61 Å². The predicted octanol–water partition coefficient (Wildman–Crippen LogP) is 1.52. The molecule has 15 heavy (non-hydrogen) atoms. The van der Waals surface area contributed by atoms with E-state index in [0.29, 0.717) is 18.2 Å². The van der Waals surface area contributed by atoms with Crippen LogP contribution in [0.4, 0.5) is 0 Å². The summed E-state index contributed by atoms with van der Waals surface area (Å²) in [5.41, 5.74) is 1.44. The summed E-state index contributed by atoms with van der Waals surface area (Å²) in [4.78, 5) is 8.39. The zero-order chi connectivity index (χ0) is 10.7. The summed E-state index contributed by atoms with van der Waals surface area (Å²) in [5, 5.41) is 9.83. The highest BCUT2D eigenvalue weighted by Crippen LogP contribution is 2.21. The summed E-state index contributed by atoms with van der Waals surface area (Å²) < 4.78 is 5.38. The molecule has 0 fully saturated rings. The number of aromatic nitrogens is 2. The lowest BCUT2D eigenvalue weighted by Crippen LogP contribution is -1.97. The van der Waals surface area contributed by atoms with E-state index in [1.165, 1.54) is 0 Å². The molecule has 4 nitrogen and oxygen atoms in total. The molecule has 0 saturated carbocycles. The number of aliphatic hydroxyl groups excluding tert-OH is 1. The van der Waals surface area contributed by atoms with Crippen molar-refractivity contribution in [3.8, 4) is 5.88 Å². The third-order valence-electron chi connectivity index (χ3n) is 2.08. The fourth-order valence-corrected chi connectivity index (χ4v) is 1.41. The van der Waals surface area contributed by atoms with Crippen LogP contribution >= 0.6 is 0 Å². The van der Waals surface area contributed by atoms with Gasteiger partial charge in [0.1, 0.15) is 0 Å². The standard InChI is InChI=1S/C11H12N2O2/c1-2-15-11-9-4-3-8(7-14)13-10(9)5-6-12-11/h3-6,14H,2,7H2,1H3. The summed E-state index contributed by atoms with van der Waals surface area (Å²) in [5.74, 6) is 0.590. The van der Waals surface area contributed by atoms with Crippen LogP contribution in [0.3, 0.4) is 0 Å². The topological polar surface area (TPSA) is 55.2 Å². The molecule has 2 rings (SSSR count). The molecule has 0 unspecified atom stereocenters. The first-order valence-electron chi connectivity index (χ1n) is 4.83. The van der Waals surface area contributed by atoms with Gasteiger partial charge < -0.3 is 9.84 Å². The van der Waals surface area contributed by atoms with E-state index in [4.69, 9.17) is 9.84 Å². The van der Waals surface area contributed by atoms with Crippen LogP contribution < -0.4 is 4.74 Å². The van der Waals surface area contributed by atoms with Crippen molar-refractivity contribution in [3.63, 3.8) is 0 Å². The van der Waals surface area contributed by atoms with Gasteiger partial charge in [-0.25, -0.2) is 4.98 Å². The number of hydrogen-bond acceptors (Lipinski definition) is 4. The number of fused-ring (bicyclic) bond motifs is 1. The van der Waals surface area contributed by atoms with Crippen molar-refractivity contribution in [2.24, 2.45) is 0 Å². The van der Waals surface area contributed by atoms with E-state index in [1.54, 1.807) is 18.3 Å². The van der Waals surface area contributed by atoms with Gasteiger partial charge in [0.25, 0.3) is 0 Å². The number of pyridine rings is 2. The molecule has 2 aromatic heterocycles. The molecule has 0 spiro atoms. The fraction of sp³-hybridized carbons (Fsp3) is 0.273. The van der Waals surface area contributed by atoms with E-state index < -0.39 is 0 Å². The van der Waals surface area contributed by atoms with Gasteiger partial charge in [-0.1, -0.05) is 0 Å².